The maximum Gasteiger partial charge on any atom is 0.157 e. The van der Waals surface area contributed by atoms with Gasteiger partial charge in [-0.1, -0.05) is 22.9 Å². The number of aryl methyl sites for hydroxylation is 5. The highest BCUT2D eigenvalue weighted by Crippen LogP contribution is 2.35. The molecule has 0 fully saturated rings. The second-order valence-electron chi connectivity index (χ2n) is 8.39. The van der Waals surface area contributed by atoms with Crippen LogP contribution in [0.3, 0.4) is 0 Å². The lowest BCUT2D eigenvalue weighted by Gasteiger charge is -2.01. The number of pyridine rings is 1. The second kappa shape index (κ2) is 13.1. The number of nitrogens with zero attached hydrogens (tertiary/aromatic N) is 3. The maximum atomic E-state index is 5.84. The molecule has 0 aromatic carbocycles. The van der Waals surface area contributed by atoms with Crippen molar-refractivity contribution in [3.63, 3.8) is 0 Å². The Morgan fingerprint density at radius 3 is 1.66 bits per heavy atom. The van der Waals surface area contributed by atoms with E-state index in [1.807, 2.05) is 26.1 Å². The molecule has 2 N–H and O–H groups in total. The van der Waals surface area contributed by atoms with E-state index in [2.05, 4.69) is 84.5 Å². The molecule has 6 heterocycles. The SMILES string of the molecule is Cc1ccc(-c2ccc(Cl)s2)s1.Cc1ccc(-c2cnc(N)c(C)c2)s1.Cc1ccc(-c2nnc(C)s2)s1. The number of hydrogen-bond acceptors (Lipinski definition) is 9. The summed E-state index contributed by atoms with van der Waals surface area (Å²) in [5.41, 5.74) is 7.85. The minimum absolute atomic E-state index is 0.613. The van der Waals surface area contributed by atoms with Crippen molar-refractivity contribution < 1.29 is 0 Å². The number of rotatable bonds is 3. The summed E-state index contributed by atoms with van der Waals surface area (Å²) >= 11 is 14.5. The van der Waals surface area contributed by atoms with Gasteiger partial charge in [-0.25, -0.2) is 4.98 Å². The number of halogens is 1. The molecule has 0 unspecified atom stereocenters. The number of anilines is 1. The van der Waals surface area contributed by atoms with Crippen molar-refractivity contribution in [2.24, 2.45) is 0 Å². The van der Waals surface area contributed by atoms with Crippen LogP contribution in [0.15, 0.2) is 60.8 Å². The predicted molar refractivity (Wildman–Crippen MR) is 172 cm³/mol. The van der Waals surface area contributed by atoms with E-state index in [9.17, 15) is 0 Å². The van der Waals surface area contributed by atoms with Crippen molar-refractivity contribution in [3.8, 4) is 30.1 Å². The van der Waals surface area contributed by atoms with Crippen molar-refractivity contribution >= 4 is 74.1 Å². The molecule has 38 heavy (non-hydrogen) atoms. The van der Waals surface area contributed by atoms with Crippen LogP contribution in [0.25, 0.3) is 30.1 Å². The Bertz CT molecular complexity index is 1470. The van der Waals surface area contributed by atoms with Gasteiger partial charge in [0.2, 0.25) is 0 Å². The van der Waals surface area contributed by atoms with Crippen LogP contribution in [0.1, 0.15) is 25.2 Å². The first-order valence-corrected chi connectivity index (χ1v) is 16.1. The zero-order valence-corrected chi connectivity index (χ0v) is 26.5. The Morgan fingerprint density at radius 2 is 1.18 bits per heavy atom. The molecule has 0 radical (unpaired) electrons. The number of hydrogen-bond donors (Lipinski definition) is 1. The topological polar surface area (TPSA) is 64.7 Å². The quantitative estimate of drug-likeness (QED) is 0.215. The highest BCUT2D eigenvalue weighted by Gasteiger charge is 2.06. The summed E-state index contributed by atoms with van der Waals surface area (Å²) < 4.78 is 0.857. The van der Waals surface area contributed by atoms with Crippen LogP contribution in [0.2, 0.25) is 4.34 Å². The van der Waals surface area contributed by atoms with Gasteiger partial charge in [0, 0.05) is 41.0 Å². The molecule has 0 aliphatic rings. The number of nitrogens with two attached hydrogens (primary N) is 1. The Hall–Kier alpha value is -2.40. The minimum Gasteiger partial charge on any atom is -0.383 e. The highest BCUT2D eigenvalue weighted by molar-refractivity contribution is 7.24. The second-order valence-corrected chi connectivity index (χ2v) is 15.1. The maximum absolute atomic E-state index is 5.84. The van der Waals surface area contributed by atoms with E-state index >= 15 is 0 Å². The normalized spacial score (nSPS) is 10.5. The van der Waals surface area contributed by atoms with Gasteiger partial charge in [-0.05, 0) is 94.8 Å². The summed E-state index contributed by atoms with van der Waals surface area (Å²) in [6.07, 6.45) is 1.83. The standard InChI is InChI=1S/C11H12N2S.C9H7ClS2.C8H8N2S2/c1-7-5-9(6-13-11(7)12)10-4-3-8(2)14-10;1-6-2-3-7(11-6)8-4-5-9(10)12-8;1-5-3-4-7(11-5)8-10-9-6(2)12-8/h3-6H,1-2H3,(H2,12,13);2-5H,1H3;3-4H,1-2H3. The average Bonchev–Trinajstić information content (AvgIpc) is 3.70. The molecule has 196 valence electrons. The molecule has 6 aromatic rings. The van der Waals surface area contributed by atoms with Gasteiger partial charge < -0.3 is 5.73 Å². The summed E-state index contributed by atoms with van der Waals surface area (Å²) in [6.45, 7) is 10.3. The first-order valence-electron chi connectivity index (χ1n) is 11.7. The Morgan fingerprint density at radius 1 is 0.632 bits per heavy atom. The van der Waals surface area contributed by atoms with Gasteiger partial charge in [-0.3, -0.25) is 0 Å². The third-order valence-corrected chi connectivity index (χ3v) is 10.7. The fourth-order valence-corrected chi connectivity index (χ4v) is 7.73. The zero-order valence-electron chi connectivity index (χ0n) is 21.6. The molecule has 0 saturated carbocycles. The summed E-state index contributed by atoms with van der Waals surface area (Å²) in [4.78, 5) is 13.2. The lowest BCUT2D eigenvalue weighted by atomic mass is 10.2. The van der Waals surface area contributed by atoms with Crippen LogP contribution in [0, 0.1) is 34.6 Å². The molecule has 6 aromatic heterocycles. The van der Waals surface area contributed by atoms with Crippen molar-refractivity contribution in [2.75, 3.05) is 5.73 Å². The molecular formula is C28H27ClN4S5. The third-order valence-electron chi connectivity index (χ3n) is 5.18. The molecule has 10 heteroatoms. The molecule has 0 bridgehead atoms. The lowest BCUT2D eigenvalue weighted by Crippen LogP contribution is -1.93. The van der Waals surface area contributed by atoms with Gasteiger partial charge in [0.1, 0.15) is 10.8 Å². The van der Waals surface area contributed by atoms with Crippen molar-refractivity contribution in [3.05, 3.63) is 90.3 Å². The minimum atomic E-state index is 0.613. The van der Waals surface area contributed by atoms with Crippen molar-refractivity contribution in [1.82, 2.24) is 15.2 Å². The van der Waals surface area contributed by atoms with Crippen LogP contribution in [-0.4, -0.2) is 15.2 Å². The summed E-state index contributed by atoms with van der Waals surface area (Å²) in [5, 5.41) is 10.1. The van der Waals surface area contributed by atoms with E-state index in [4.69, 9.17) is 17.3 Å². The van der Waals surface area contributed by atoms with Gasteiger partial charge in [0.15, 0.2) is 5.01 Å². The molecule has 0 aliphatic carbocycles. The molecule has 0 spiro atoms. The van der Waals surface area contributed by atoms with E-state index in [1.165, 1.54) is 34.1 Å². The highest BCUT2D eigenvalue weighted by atomic mass is 35.5. The van der Waals surface area contributed by atoms with E-state index in [0.717, 1.165) is 25.5 Å². The third kappa shape index (κ3) is 7.81. The largest absolute Gasteiger partial charge is 0.383 e. The Kier molecular flexibility index (Phi) is 9.86. The first kappa shape index (κ1) is 28.6. The number of aromatic nitrogens is 3. The van der Waals surface area contributed by atoms with Crippen LogP contribution in [0.4, 0.5) is 5.82 Å². The predicted octanol–water partition coefficient (Wildman–Crippen LogP) is 10.3. The van der Waals surface area contributed by atoms with Crippen LogP contribution in [-0.2, 0) is 0 Å². The van der Waals surface area contributed by atoms with Crippen molar-refractivity contribution in [1.29, 1.82) is 0 Å². The summed E-state index contributed by atoms with van der Waals surface area (Å²) in [6, 6.07) is 18.8. The van der Waals surface area contributed by atoms with Crippen LogP contribution < -0.4 is 5.73 Å². The molecule has 0 saturated heterocycles. The van der Waals surface area contributed by atoms with Gasteiger partial charge >= 0.3 is 0 Å². The average molecular weight is 615 g/mol. The first-order chi connectivity index (χ1) is 18.2. The summed E-state index contributed by atoms with van der Waals surface area (Å²) in [7, 11) is 0. The van der Waals surface area contributed by atoms with Crippen LogP contribution in [0.5, 0.6) is 0 Å². The summed E-state index contributed by atoms with van der Waals surface area (Å²) in [5.74, 6) is 0.613. The lowest BCUT2D eigenvalue weighted by molar-refractivity contribution is 1.05. The molecule has 0 atom stereocenters. The fraction of sp³-hybridized carbons (Fsp3) is 0.179. The Labute approximate surface area is 248 Å². The Balaban J connectivity index is 0.000000133. The molecule has 0 aliphatic heterocycles. The molecule has 0 amide bonds. The van der Waals surface area contributed by atoms with Crippen LogP contribution >= 0.6 is 68.3 Å². The molecule has 6 rings (SSSR count). The fourth-order valence-electron chi connectivity index (χ4n) is 3.27. The van der Waals surface area contributed by atoms with E-state index in [-0.39, 0.29) is 0 Å². The van der Waals surface area contributed by atoms with Gasteiger partial charge in [0.25, 0.3) is 0 Å². The van der Waals surface area contributed by atoms with Gasteiger partial charge in [-0.15, -0.1) is 55.5 Å². The zero-order chi connectivity index (χ0) is 27.2. The smallest absolute Gasteiger partial charge is 0.157 e. The van der Waals surface area contributed by atoms with Gasteiger partial charge in [0.05, 0.1) is 9.21 Å². The van der Waals surface area contributed by atoms with E-state index in [1.54, 1.807) is 56.7 Å². The number of nitrogen functional groups attached to an aromatic ring is 1. The molecular weight excluding hydrogens is 588 g/mol. The van der Waals surface area contributed by atoms with E-state index < -0.39 is 0 Å². The van der Waals surface area contributed by atoms with Gasteiger partial charge in [-0.2, -0.15) is 0 Å². The number of thiophene rings is 4. The van der Waals surface area contributed by atoms with Crippen molar-refractivity contribution in [2.45, 2.75) is 34.6 Å². The monoisotopic (exact) mass is 614 g/mol. The van der Waals surface area contributed by atoms with E-state index in [0.29, 0.717) is 5.82 Å². The molecule has 4 nitrogen and oxygen atoms in total.